The molecule has 1 aromatic carbocycles. The maximum atomic E-state index is 12.6. The first-order valence-electron chi connectivity index (χ1n) is 12.2. The van der Waals surface area contributed by atoms with E-state index in [4.69, 9.17) is 0 Å². The van der Waals surface area contributed by atoms with Crippen LogP contribution in [-0.2, 0) is 16.0 Å². The fraction of sp³-hybridized carbons (Fsp3) is 0.654. The van der Waals surface area contributed by atoms with Crippen molar-refractivity contribution in [3.63, 3.8) is 0 Å². The summed E-state index contributed by atoms with van der Waals surface area (Å²) >= 11 is 0. The normalized spacial score (nSPS) is 18.2. The van der Waals surface area contributed by atoms with Crippen molar-refractivity contribution in [2.24, 2.45) is 5.41 Å². The Bertz CT molecular complexity index is 794. The number of hydrogen-bond donors (Lipinski definition) is 1. The molecule has 0 radical (unpaired) electrons. The molecule has 1 aliphatic heterocycles. The molecule has 32 heavy (non-hydrogen) atoms. The van der Waals surface area contributed by atoms with Gasteiger partial charge in [-0.15, -0.1) is 0 Å². The second kappa shape index (κ2) is 11.1. The molecule has 3 amide bonds. The average molecular weight is 442 g/mol. The smallest absolute Gasteiger partial charge is 0.251 e. The zero-order chi connectivity index (χ0) is 23.1. The summed E-state index contributed by atoms with van der Waals surface area (Å²) < 4.78 is 0. The third-order valence-corrected chi connectivity index (χ3v) is 7.28. The predicted molar refractivity (Wildman–Crippen MR) is 126 cm³/mol. The number of nitrogens with zero attached hydrogens (tertiary/aromatic N) is 2. The van der Waals surface area contributed by atoms with E-state index >= 15 is 0 Å². The maximum Gasteiger partial charge on any atom is 0.251 e. The lowest BCUT2D eigenvalue weighted by molar-refractivity contribution is -0.153. The average Bonchev–Trinajstić information content (AvgIpc) is 3.21. The number of imide groups is 1. The SMILES string of the molecule is CNC(=O)c1ccccc1CCN(CCCCN1C(=O)CC2(CCCC2)CC1=O)C(C)C. The molecule has 1 spiro atoms. The van der Waals surface area contributed by atoms with E-state index in [1.807, 2.05) is 24.3 Å². The minimum atomic E-state index is -0.0491. The van der Waals surface area contributed by atoms with Gasteiger partial charge >= 0.3 is 0 Å². The van der Waals surface area contributed by atoms with Crippen molar-refractivity contribution in [2.45, 2.75) is 77.7 Å². The lowest BCUT2D eigenvalue weighted by atomic mass is 9.76. The van der Waals surface area contributed by atoms with Crippen molar-refractivity contribution in [3.8, 4) is 0 Å². The summed E-state index contributed by atoms with van der Waals surface area (Å²) in [6.45, 7) is 6.70. The minimum Gasteiger partial charge on any atom is -0.355 e. The van der Waals surface area contributed by atoms with Crippen molar-refractivity contribution in [1.29, 1.82) is 0 Å². The van der Waals surface area contributed by atoms with Gasteiger partial charge in [0.1, 0.15) is 0 Å². The second-order valence-electron chi connectivity index (χ2n) is 9.82. The molecule has 6 nitrogen and oxygen atoms in total. The number of carbonyl (C=O) groups excluding carboxylic acids is 3. The van der Waals surface area contributed by atoms with E-state index in [2.05, 4.69) is 24.1 Å². The van der Waals surface area contributed by atoms with Crippen LogP contribution in [0.3, 0.4) is 0 Å². The van der Waals surface area contributed by atoms with Gasteiger partial charge in [0.25, 0.3) is 5.91 Å². The van der Waals surface area contributed by atoms with Gasteiger partial charge in [-0.1, -0.05) is 31.0 Å². The molecule has 0 aromatic heterocycles. The van der Waals surface area contributed by atoms with Crippen molar-refractivity contribution in [2.75, 3.05) is 26.7 Å². The Morgan fingerprint density at radius 1 is 1.06 bits per heavy atom. The minimum absolute atomic E-state index is 0.0237. The van der Waals surface area contributed by atoms with Crippen LogP contribution in [-0.4, -0.2) is 60.2 Å². The molecule has 0 bridgehead atoms. The molecule has 6 heteroatoms. The van der Waals surface area contributed by atoms with Gasteiger partial charge in [0.05, 0.1) is 0 Å². The number of amides is 3. The molecule has 0 unspecified atom stereocenters. The Balaban J connectivity index is 1.46. The van der Waals surface area contributed by atoms with Crippen LogP contribution < -0.4 is 5.32 Å². The molecule has 1 heterocycles. The number of unbranched alkanes of at least 4 members (excludes halogenated alkanes) is 1. The van der Waals surface area contributed by atoms with E-state index in [1.165, 1.54) is 4.90 Å². The molecule has 1 N–H and O–H groups in total. The Hall–Kier alpha value is -2.21. The van der Waals surface area contributed by atoms with Gasteiger partial charge in [-0.3, -0.25) is 19.3 Å². The third-order valence-electron chi connectivity index (χ3n) is 7.28. The van der Waals surface area contributed by atoms with E-state index in [0.717, 1.165) is 69.2 Å². The highest BCUT2D eigenvalue weighted by atomic mass is 16.2. The van der Waals surface area contributed by atoms with E-state index in [-0.39, 0.29) is 23.1 Å². The van der Waals surface area contributed by atoms with Gasteiger partial charge in [0, 0.05) is 44.6 Å². The molecule has 176 valence electrons. The van der Waals surface area contributed by atoms with E-state index in [9.17, 15) is 14.4 Å². The summed E-state index contributed by atoms with van der Waals surface area (Å²) in [5.41, 5.74) is 1.77. The Morgan fingerprint density at radius 2 is 1.72 bits per heavy atom. The number of hydrogen-bond acceptors (Lipinski definition) is 4. The summed E-state index contributed by atoms with van der Waals surface area (Å²) in [5.74, 6) is 0.0243. The van der Waals surface area contributed by atoms with Crippen LogP contribution in [0.25, 0.3) is 0 Å². The van der Waals surface area contributed by atoms with Gasteiger partial charge in [0.2, 0.25) is 11.8 Å². The lowest BCUT2D eigenvalue weighted by Crippen LogP contribution is -2.47. The highest BCUT2D eigenvalue weighted by Crippen LogP contribution is 2.46. The summed E-state index contributed by atoms with van der Waals surface area (Å²) in [7, 11) is 1.66. The maximum absolute atomic E-state index is 12.6. The first-order chi connectivity index (χ1) is 15.3. The standard InChI is InChI=1S/C26H39N3O3/c1-20(2)28(17-12-21-10-4-5-11-22(21)25(32)27-3)15-8-9-16-29-23(30)18-26(19-24(29)31)13-6-7-14-26/h4-5,10-11,20H,6-9,12-19H2,1-3H3,(H,27,32). The molecule has 3 rings (SSSR count). The number of piperidine rings is 1. The van der Waals surface area contributed by atoms with Gasteiger partial charge in [-0.2, -0.15) is 0 Å². The van der Waals surface area contributed by atoms with Gasteiger partial charge in [-0.05, 0) is 69.5 Å². The predicted octanol–water partition coefficient (Wildman–Crippen LogP) is 3.79. The van der Waals surface area contributed by atoms with Crippen LogP contribution in [0, 0.1) is 5.41 Å². The third kappa shape index (κ3) is 5.97. The number of nitrogens with one attached hydrogen (secondary N) is 1. The number of likely N-dealkylation sites (tertiary alicyclic amines) is 1. The van der Waals surface area contributed by atoms with Crippen molar-refractivity contribution >= 4 is 17.7 Å². The summed E-state index contributed by atoms with van der Waals surface area (Å²) in [6, 6.07) is 8.16. The second-order valence-corrected chi connectivity index (χ2v) is 9.82. The number of rotatable bonds is 10. The van der Waals surface area contributed by atoms with E-state index in [1.54, 1.807) is 7.05 Å². The van der Waals surface area contributed by atoms with Crippen molar-refractivity contribution in [3.05, 3.63) is 35.4 Å². The monoisotopic (exact) mass is 441 g/mol. The van der Waals surface area contributed by atoms with Crippen LogP contribution in [0.15, 0.2) is 24.3 Å². The molecule has 1 saturated heterocycles. The Kier molecular flexibility index (Phi) is 8.46. The van der Waals surface area contributed by atoms with Gasteiger partial charge < -0.3 is 10.2 Å². The van der Waals surface area contributed by atoms with Crippen LogP contribution in [0.4, 0.5) is 0 Å². The van der Waals surface area contributed by atoms with Crippen molar-refractivity contribution < 1.29 is 14.4 Å². The lowest BCUT2D eigenvalue weighted by Gasteiger charge is -2.37. The van der Waals surface area contributed by atoms with Gasteiger partial charge in [0.15, 0.2) is 0 Å². The summed E-state index contributed by atoms with van der Waals surface area (Å²) in [6.07, 6.45) is 8.07. The highest BCUT2D eigenvalue weighted by Gasteiger charge is 2.44. The van der Waals surface area contributed by atoms with E-state index < -0.39 is 0 Å². The highest BCUT2D eigenvalue weighted by molar-refractivity contribution is 5.98. The molecular formula is C26H39N3O3. The summed E-state index contributed by atoms with van der Waals surface area (Å²) in [5, 5.41) is 2.72. The fourth-order valence-electron chi connectivity index (χ4n) is 5.33. The molecular weight excluding hydrogens is 402 g/mol. The molecule has 2 aliphatic rings. The largest absolute Gasteiger partial charge is 0.355 e. The molecule has 0 atom stereocenters. The quantitative estimate of drug-likeness (QED) is 0.443. The van der Waals surface area contributed by atoms with Crippen LogP contribution >= 0.6 is 0 Å². The summed E-state index contributed by atoms with van der Waals surface area (Å²) in [4.78, 5) is 41.3. The Morgan fingerprint density at radius 3 is 2.34 bits per heavy atom. The van der Waals surface area contributed by atoms with Crippen molar-refractivity contribution in [1.82, 2.24) is 15.1 Å². The zero-order valence-corrected chi connectivity index (χ0v) is 20.0. The zero-order valence-electron chi connectivity index (χ0n) is 20.0. The van der Waals surface area contributed by atoms with Crippen LogP contribution in [0.5, 0.6) is 0 Å². The molecule has 1 saturated carbocycles. The first-order valence-corrected chi connectivity index (χ1v) is 12.2. The molecule has 1 aliphatic carbocycles. The number of carbonyl (C=O) groups is 3. The number of benzene rings is 1. The Labute approximate surface area is 192 Å². The topological polar surface area (TPSA) is 69.7 Å². The van der Waals surface area contributed by atoms with E-state index in [0.29, 0.717) is 25.4 Å². The molecule has 1 aromatic rings. The van der Waals surface area contributed by atoms with Gasteiger partial charge in [-0.25, -0.2) is 0 Å². The molecule has 2 fully saturated rings. The first kappa shape index (κ1) is 24.4. The van der Waals surface area contributed by atoms with Crippen LogP contribution in [0.2, 0.25) is 0 Å². The fourth-order valence-corrected chi connectivity index (χ4v) is 5.33. The van der Waals surface area contributed by atoms with Crippen LogP contribution in [0.1, 0.15) is 81.1 Å².